The molecule has 0 heterocycles. The van der Waals surface area contributed by atoms with Crippen molar-refractivity contribution < 1.29 is 32.7 Å². The third kappa shape index (κ3) is 9.04. The molecule has 0 spiro atoms. The van der Waals surface area contributed by atoms with Gasteiger partial charge in [-0.1, -0.05) is 27.7 Å². The third-order valence-electron chi connectivity index (χ3n) is 2.91. The molecule has 0 saturated heterocycles. The van der Waals surface area contributed by atoms with E-state index in [9.17, 15) is 27.6 Å². The standard InChI is InChI=1S/C14H23F3N2O4/c1-7(2)5-10(20)19-11(8(3)4)12(21)18-9(13(22)23)6-14(15,16)17/h7-9,11H,5-6H2,1-4H3,(H,18,21)(H,19,20)(H,22,23). The van der Waals surface area contributed by atoms with E-state index in [1.54, 1.807) is 27.7 Å². The number of rotatable bonds is 8. The molecular formula is C14H23F3N2O4. The summed E-state index contributed by atoms with van der Waals surface area (Å²) in [7, 11) is 0. The lowest BCUT2D eigenvalue weighted by atomic mass is 10.0. The van der Waals surface area contributed by atoms with E-state index in [0.29, 0.717) is 0 Å². The van der Waals surface area contributed by atoms with Crippen molar-refractivity contribution >= 4 is 17.8 Å². The van der Waals surface area contributed by atoms with Crippen LogP contribution in [0.5, 0.6) is 0 Å². The number of hydrogen-bond donors (Lipinski definition) is 3. The molecule has 0 saturated carbocycles. The van der Waals surface area contributed by atoms with Gasteiger partial charge in [-0.05, 0) is 11.8 Å². The van der Waals surface area contributed by atoms with Crippen LogP contribution in [0.3, 0.4) is 0 Å². The Bertz CT molecular complexity index is 436. The number of halogens is 3. The first-order valence-electron chi connectivity index (χ1n) is 7.22. The summed E-state index contributed by atoms with van der Waals surface area (Å²) in [6.45, 7) is 6.79. The summed E-state index contributed by atoms with van der Waals surface area (Å²) in [6.07, 6.45) is -6.26. The molecule has 0 rings (SSSR count). The summed E-state index contributed by atoms with van der Waals surface area (Å²) in [5, 5.41) is 13.1. The molecule has 0 radical (unpaired) electrons. The number of hydrogen-bond acceptors (Lipinski definition) is 3. The molecule has 0 aliphatic carbocycles. The van der Waals surface area contributed by atoms with Crippen molar-refractivity contribution in [3.63, 3.8) is 0 Å². The third-order valence-corrected chi connectivity index (χ3v) is 2.91. The Morgan fingerprint density at radius 3 is 1.91 bits per heavy atom. The van der Waals surface area contributed by atoms with Gasteiger partial charge in [0.25, 0.3) is 0 Å². The van der Waals surface area contributed by atoms with Gasteiger partial charge in [0.05, 0.1) is 6.42 Å². The number of carboxylic acids is 1. The molecule has 2 unspecified atom stereocenters. The maximum Gasteiger partial charge on any atom is 0.391 e. The minimum atomic E-state index is -4.73. The van der Waals surface area contributed by atoms with Gasteiger partial charge in [-0.2, -0.15) is 13.2 Å². The molecule has 0 aromatic heterocycles. The Balaban J connectivity index is 4.95. The van der Waals surface area contributed by atoms with Crippen LogP contribution in [0.15, 0.2) is 0 Å². The second-order valence-corrected chi connectivity index (χ2v) is 6.11. The van der Waals surface area contributed by atoms with Crippen LogP contribution < -0.4 is 10.6 Å². The summed E-state index contributed by atoms with van der Waals surface area (Å²) in [6, 6.07) is -3.19. The normalized spacial score (nSPS) is 14.5. The number of carbonyl (C=O) groups is 3. The molecule has 0 aromatic rings. The van der Waals surface area contributed by atoms with Crippen LogP contribution >= 0.6 is 0 Å². The Morgan fingerprint density at radius 2 is 1.57 bits per heavy atom. The molecular weight excluding hydrogens is 317 g/mol. The highest BCUT2D eigenvalue weighted by Crippen LogP contribution is 2.21. The van der Waals surface area contributed by atoms with Gasteiger partial charge >= 0.3 is 12.1 Å². The Hall–Kier alpha value is -1.80. The zero-order chi connectivity index (χ0) is 18.4. The average molecular weight is 340 g/mol. The number of alkyl halides is 3. The van der Waals surface area contributed by atoms with Crippen molar-refractivity contribution in [3.8, 4) is 0 Å². The fraction of sp³-hybridized carbons (Fsp3) is 0.786. The maximum atomic E-state index is 12.3. The van der Waals surface area contributed by atoms with Crippen LogP contribution in [0.2, 0.25) is 0 Å². The molecule has 134 valence electrons. The average Bonchev–Trinajstić information content (AvgIpc) is 2.31. The fourth-order valence-corrected chi connectivity index (χ4v) is 1.83. The first-order chi connectivity index (χ1) is 10.3. The van der Waals surface area contributed by atoms with Gasteiger partial charge in [0.2, 0.25) is 11.8 Å². The lowest BCUT2D eigenvalue weighted by Crippen LogP contribution is -2.54. The SMILES string of the molecule is CC(C)CC(=O)NC(C(=O)NC(CC(F)(F)F)C(=O)O)C(C)C. The molecule has 0 fully saturated rings. The fourth-order valence-electron chi connectivity index (χ4n) is 1.83. The van der Waals surface area contributed by atoms with Gasteiger partial charge in [0.15, 0.2) is 0 Å². The second kappa shape index (κ2) is 8.73. The van der Waals surface area contributed by atoms with Crippen molar-refractivity contribution in [2.24, 2.45) is 11.8 Å². The smallest absolute Gasteiger partial charge is 0.391 e. The molecule has 0 aromatic carbocycles. The molecule has 0 aliphatic rings. The van der Waals surface area contributed by atoms with E-state index in [4.69, 9.17) is 5.11 Å². The molecule has 23 heavy (non-hydrogen) atoms. The van der Waals surface area contributed by atoms with Gasteiger partial charge in [-0.3, -0.25) is 9.59 Å². The van der Waals surface area contributed by atoms with Gasteiger partial charge in [0, 0.05) is 6.42 Å². The van der Waals surface area contributed by atoms with Gasteiger partial charge in [-0.15, -0.1) is 0 Å². The summed E-state index contributed by atoms with van der Waals surface area (Å²) < 4.78 is 37.0. The lowest BCUT2D eigenvalue weighted by molar-refractivity contribution is -0.160. The Morgan fingerprint density at radius 1 is 1.04 bits per heavy atom. The predicted molar refractivity (Wildman–Crippen MR) is 76.5 cm³/mol. The van der Waals surface area contributed by atoms with E-state index in [2.05, 4.69) is 5.32 Å². The largest absolute Gasteiger partial charge is 0.480 e. The Kier molecular flexibility index (Phi) is 8.05. The topological polar surface area (TPSA) is 95.5 Å². The summed E-state index contributed by atoms with van der Waals surface area (Å²) in [4.78, 5) is 34.7. The number of aliphatic carboxylic acids is 1. The van der Waals surface area contributed by atoms with Crippen LogP contribution in [0, 0.1) is 11.8 Å². The van der Waals surface area contributed by atoms with E-state index >= 15 is 0 Å². The summed E-state index contributed by atoms with van der Waals surface area (Å²) >= 11 is 0. The minimum Gasteiger partial charge on any atom is -0.480 e. The highest BCUT2D eigenvalue weighted by Gasteiger charge is 2.37. The predicted octanol–water partition coefficient (Wildman–Crippen LogP) is 1.70. The van der Waals surface area contributed by atoms with Crippen LogP contribution in [0.1, 0.15) is 40.5 Å². The van der Waals surface area contributed by atoms with Gasteiger partial charge in [0.1, 0.15) is 12.1 Å². The molecule has 3 N–H and O–H groups in total. The van der Waals surface area contributed by atoms with Crippen molar-refractivity contribution in [3.05, 3.63) is 0 Å². The molecule has 2 atom stereocenters. The first-order valence-corrected chi connectivity index (χ1v) is 7.22. The molecule has 9 heteroatoms. The van der Waals surface area contributed by atoms with Crippen molar-refractivity contribution in [1.82, 2.24) is 10.6 Å². The van der Waals surface area contributed by atoms with Crippen molar-refractivity contribution in [2.45, 2.75) is 58.8 Å². The summed E-state index contributed by atoms with van der Waals surface area (Å²) in [5.74, 6) is -3.52. The second-order valence-electron chi connectivity index (χ2n) is 6.11. The van der Waals surface area contributed by atoms with Crippen LogP contribution in [-0.4, -0.2) is 41.2 Å². The number of carbonyl (C=O) groups excluding carboxylic acids is 2. The molecule has 6 nitrogen and oxygen atoms in total. The molecule has 2 amide bonds. The zero-order valence-corrected chi connectivity index (χ0v) is 13.5. The van der Waals surface area contributed by atoms with Crippen LogP contribution in [0.25, 0.3) is 0 Å². The number of nitrogens with one attached hydrogen (secondary N) is 2. The highest BCUT2D eigenvalue weighted by molar-refractivity contribution is 5.90. The number of amides is 2. The lowest BCUT2D eigenvalue weighted by Gasteiger charge is -2.24. The molecule has 0 bridgehead atoms. The van der Waals surface area contributed by atoms with E-state index in [-0.39, 0.29) is 12.3 Å². The van der Waals surface area contributed by atoms with Crippen LogP contribution in [0.4, 0.5) is 13.2 Å². The minimum absolute atomic E-state index is 0.0443. The van der Waals surface area contributed by atoms with Crippen molar-refractivity contribution in [1.29, 1.82) is 0 Å². The van der Waals surface area contributed by atoms with E-state index < -0.39 is 48.4 Å². The highest BCUT2D eigenvalue weighted by atomic mass is 19.4. The zero-order valence-electron chi connectivity index (χ0n) is 13.5. The van der Waals surface area contributed by atoms with Gasteiger partial charge < -0.3 is 15.7 Å². The number of carboxylic acid groups (broad SMARTS) is 1. The quantitative estimate of drug-likeness (QED) is 0.627. The monoisotopic (exact) mass is 340 g/mol. The van der Waals surface area contributed by atoms with E-state index in [0.717, 1.165) is 0 Å². The molecule has 0 aliphatic heterocycles. The summed E-state index contributed by atoms with van der Waals surface area (Å²) in [5.41, 5.74) is 0. The Labute approximate surface area is 132 Å². The maximum absolute atomic E-state index is 12.3. The first kappa shape index (κ1) is 21.2. The van der Waals surface area contributed by atoms with Crippen LogP contribution in [-0.2, 0) is 14.4 Å². The van der Waals surface area contributed by atoms with Crippen molar-refractivity contribution in [2.75, 3.05) is 0 Å². The van der Waals surface area contributed by atoms with E-state index in [1.165, 1.54) is 0 Å². The van der Waals surface area contributed by atoms with Gasteiger partial charge in [-0.25, -0.2) is 4.79 Å². The van der Waals surface area contributed by atoms with E-state index in [1.807, 2.05) is 5.32 Å².